The lowest BCUT2D eigenvalue weighted by Crippen LogP contribution is -2.26. The van der Waals surface area contributed by atoms with E-state index >= 15 is 0 Å². The van der Waals surface area contributed by atoms with E-state index in [4.69, 9.17) is 5.73 Å². The van der Waals surface area contributed by atoms with Crippen LogP contribution in [0.3, 0.4) is 0 Å². The Morgan fingerprint density at radius 3 is 2.44 bits per heavy atom. The zero-order valence-electron chi connectivity index (χ0n) is 9.87. The van der Waals surface area contributed by atoms with Crippen LogP contribution in [0.2, 0.25) is 0 Å². The predicted octanol–water partition coefficient (Wildman–Crippen LogP) is 1.45. The molecule has 1 aromatic carbocycles. The van der Waals surface area contributed by atoms with Gasteiger partial charge in [-0.1, -0.05) is 12.1 Å². The predicted molar refractivity (Wildman–Crippen MR) is 68.7 cm³/mol. The number of nitro groups is 1. The second-order valence-corrected chi connectivity index (χ2v) is 3.67. The Morgan fingerprint density at radius 2 is 2.00 bits per heavy atom. The van der Waals surface area contributed by atoms with Crippen molar-refractivity contribution in [2.45, 2.75) is 18.9 Å². The van der Waals surface area contributed by atoms with Gasteiger partial charge in [-0.25, -0.2) is 0 Å². The molecule has 0 unspecified atom stereocenters. The maximum atomic E-state index is 11.0. The van der Waals surface area contributed by atoms with Gasteiger partial charge in [0.05, 0.1) is 18.5 Å². The number of ether oxygens (including phenoxy) is 1. The molecule has 0 fully saturated rings. The van der Waals surface area contributed by atoms with Gasteiger partial charge in [-0.05, 0) is 12.0 Å². The molecule has 0 aliphatic heterocycles. The third-order valence-corrected chi connectivity index (χ3v) is 2.30. The molecule has 0 saturated heterocycles. The average Bonchev–Trinajstić information content (AvgIpc) is 2.29. The van der Waals surface area contributed by atoms with Crippen LogP contribution < -0.4 is 5.73 Å². The minimum atomic E-state index is -0.460. The summed E-state index contributed by atoms with van der Waals surface area (Å²) in [5, 5.41) is 10.4. The van der Waals surface area contributed by atoms with E-state index in [-0.39, 0.29) is 36.5 Å². The molecule has 0 aromatic heterocycles. The van der Waals surface area contributed by atoms with Gasteiger partial charge in [0.2, 0.25) is 0 Å². The first-order valence-corrected chi connectivity index (χ1v) is 5.08. The van der Waals surface area contributed by atoms with Gasteiger partial charge < -0.3 is 10.5 Å². The van der Waals surface area contributed by atoms with E-state index in [0.717, 1.165) is 5.56 Å². The fourth-order valence-electron chi connectivity index (χ4n) is 1.43. The van der Waals surface area contributed by atoms with Gasteiger partial charge in [0.15, 0.2) is 0 Å². The molecule has 1 aromatic rings. The van der Waals surface area contributed by atoms with Crippen LogP contribution in [0.15, 0.2) is 24.3 Å². The Balaban J connectivity index is 0.00000289. The molecule has 7 heteroatoms. The molecule has 2 N–H and O–H groups in total. The Kier molecular flexibility index (Phi) is 6.92. The van der Waals surface area contributed by atoms with Crippen LogP contribution in [0.25, 0.3) is 0 Å². The number of nitrogens with two attached hydrogens (primary N) is 1. The summed E-state index contributed by atoms with van der Waals surface area (Å²) < 4.78 is 4.50. The molecule has 0 amide bonds. The fourth-order valence-corrected chi connectivity index (χ4v) is 1.43. The van der Waals surface area contributed by atoms with Crippen LogP contribution in [0, 0.1) is 10.1 Å². The van der Waals surface area contributed by atoms with Gasteiger partial charge in [-0.2, -0.15) is 0 Å². The lowest BCUT2D eigenvalue weighted by Gasteiger charge is -2.09. The summed E-state index contributed by atoms with van der Waals surface area (Å²) in [6.45, 7) is 0. The van der Waals surface area contributed by atoms with E-state index in [9.17, 15) is 14.9 Å². The number of nitro benzene ring substituents is 1. The highest BCUT2D eigenvalue weighted by atomic mass is 35.5. The zero-order valence-corrected chi connectivity index (χ0v) is 10.7. The highest BCUT2D eigenvalue weighted by Gasteiger charge is 2.11. The van der Waals surface area contributed by atoms with Crippen molar-refractivity contribution < 1.29 is 14.5 Å². The molecule has 100 valence electrons. The Morgan fingerprint density at radius 1 is 1.44 bits per heavy atom. The molecule has 0 radical (unpaired) electrons. The average molecular weight is 275 g/mol. The summed E-state index contributed by atoms with van der Waals surface area (Å²) in [4.78, 5) is 20.9. The van der Waals surface area contributed by atoms with Gasteiger partial charge >= 0.3 is 5.97 Å². The van der Waals surface area contributed by atoms with E-state index in [0.29, 0.717) is 6.42 Å². The van der Waals surface area contributed by atoms with E-state index in [1.807, 2.05) is 0 Å². The Hall–Kier alpha value is -1.66. The largest absolute Gasteiger partial charge is 0.469 e. The first kappa shape index (κ1) is 16.3. The van der Waals surface area contributed by atoms with Crippen molar-refractivity contribution in [3.8, 4) is 0 Å². The number of hydrogen-bond acceptors (Lipinski definition) is 5. The zero-order chi connectivity index (χ0) is 12.8. The summed E-state index contributed by atoms with van der Waals surface area (Å²) in [5.74, 6) is -0.362. The molecule has 1 rings (SSSR count). The Bertz CT molecular complexity index is 408. The summed E-state index contributed by atoms with van der Waals surface area (Å²) in [5.41, 5.74) is 6.64. The molecule has 0 aliphatic rings. The fraction of sp³-hybridized carbons (Fsp3) is 0.364. The van der Waals surface area contributed by atoms with Crippen LogP contribution in [0.4, 0.5) is 5.69 Å². The van der Waals surface area contributed by atoms with Crippen molar-refractivity contribution in [3.63, 3.8) is 0 Å². The van der Waals surface area contributed by atoms with E-state index in [2.05, 4.69) is 4.74 Å². The number of nitrogens with zero attached hydrogens (tertiary/aromatic N) is 1. The molecule has 0 bridgehead atoms. The van der Waals surface area contributed by atoms with Crippen LogP contribution in [-0.4, -0.2) is 24.0 Å². The lowest BCUT2D eigenvalue weighted by atomic mass is 10.0. The van der Waals surface area contributed by atoms with Crippen molar-refractivity contribution in [2.24, 2.45) is 5.73 Å². The number of halogens is 1. The molecular formula is C11H15ClN2O4. The van der Waals surface area contributed by atoms with E-state index in [1.165, 1.54) is 19.2 Å². The standard InChI is InChI=1S/C11H14N2O4.ClH/c1-17-11(14)7-9(12)6-8-2-4-10(5-3-8)13(15)16;/h2-5,9H,6-7,12H2,1H3;1H/t9-;/m0./s1. The van der Waals surface area contributed by atoms with Gasteiger partial charge in [-0.3, -0.25) is 14.9 Å². The van der Waals surface area contributed by atoms with Gasteiger partial charge in [0, 0.05) is 18.2 Å². The molecule has 6 nitrogen and oxygen atoms in total. The quantitative estimate of drug-likeness (QED) is 0.498. The number of carbonyl (C=O) groups excluding carboxylic acids is 1. The van der Waals surface area contributed by atoms with Crippen molar-refractivity contribution in [3.05, 3.63) is 39.9 Å². The van der Waals surface area contributed by atoms with Crippen molar-refractivity contribution in [2.75, 3.05) is 7.11 Å². The molecule has 0 saturated carbocycles. The highest BCUT2D eigenvalue weighted by molar-refractivity contribution is 5.85. The van der Waals surface area contributed by atoms with Gasteiger partial charge in [0.25, 0.3) is 5.69 Å². The third-order valence-electron chi connectivity index (χ3n) is 2.30. The highest BCUT2D eigenvalue weighted by Crippen LogP contribution is 2.13. The van der Waals surface area contributed by atoms with Crippen molar-refractivity contribution in [1.82, 2.24) is 0 Å². The second kappa shape index (κ2) is 7.62. The van der Waals surface area contributed by atoms with E-state index < -0.39 is 4.92 Å². The number of carbonyl (C=O) groups is 1. The Labute approximate surface area is 111 Å². The number of methoxy groups -OCH3 is 1. The van der Waals surface area contributed by atoms with Crippen LogP contribution in [0.1, 0.15) is 12.0 Å². The summed E-state index contributed by atoms with van der Waals surface area (Å²) in [7, 11) is 1.31. The minimum absolute atomic E-state index is 0. The van der Waals surface area contributed by atoms with Gasteiger partial charge in [-0.15, -0.1) is 12.4 Å². The molecule has 0 heterocycles. The molecular weight excluding hydrogens is 260 g/mol. The smallest absolute Gasteiger partial charge is 0.307 e. The number of benzene rings is 1. The van der Waals surface area contributed by atoms with Crippen LogP contribution >= 0.6 is 12.4 Å². The minimum Gasteiger partial charge on any atom is -0.469 e. The number of rotatable bonds is 5. The monoisotopic (exact) mass is 274 g/mol. The molecule has 18 heavy (non-hydrogen) atoms. The second-order valence-electron chi connectivity index (χ2n) is 3.67. The van der Waals surface area contributed by atoms with Crippen molar-refractivity contribution in [1.29, 1.82) is 0 Å². The van der Waals surface area contributed by atoms with Crippen LogP contribution in [0.5, 0.6) is 0 Å². The maximum Gasteiger partial charge on any atom is 0.307 e. The van der Waals surface area contributed by atoms with Gasteiger partial charge in [0.1, 0.15) is 0 Å². The summed E-state index contributed by atoms with van der Waals surface area (Å²) in [6, 6.07) is 5.76. The third kappa shape index (κ3) is 5.11. The maximum absolute atomic E-state index is 11.0. The topological polar surface area (TPSA) is 95.5 Å². The number of hydrogen-bond donors (Lipinski definition) is 1. The van der Waals surface area contributed by atoms with Crippen molar-refractivity contribution >= 4 is 24.1 Å². The molecule has 1 atom stereocenters. The molecule has 0 aliphatic carbocycles. The van der Waals surface area contributed by atoms with Crippen LogP contribution in [-0.2, 0) is 16.0 Å². The normalized spacial score (nSPS) is 11.2. The van der Waals surface area contributed by atoms with E-state index in [1.54, 1.807) is 12.1 Å². The lowest BCUT2D eigenvalue weighted by molar-refractivity contribution is -0.384. The summed E-state index contributed by atoms with van der Waals surface area (Å²) >= 11 is 0. The molecule has 0 spiro atoms. The first-order chi connectivity index (χ1) is 8.02. The SMILES string of the molecule is COC(=O)C[C@@H](N)Cc1ccc([N+](=O)[O-])cc1.Cl. The summed E-state index contributed by atoms with van der Waals surface area (Å²) in [6.07, 6.45) is 0.612. The first-order valence-electron chi connectivity index (χ1n) is 5.08. The number of esters is 1. The number of non-ortho nitro benzene ring substituents is 1.